The van der Waals surface area contributed by atoms with Crippen LogP contribution >= 0.6 is 0 Å². The molecule has 0 saturated carbocycles. The minimum Gasteiger partial charge on any atom is -0.326 e. The minimum atomic E-state index is -3.57. The summed E-state index contributed by atoms with van der Waals surface area (Å²) in [5, 5.41) is 0. The van der Waals surface area contributed by atoms with Crippen molar-refractivity contribution < 1.29 is 12.8 Å². The van der Waals surface area contributed by atoms with E-state index in [0.29, 0.717) is 13.1 Å². The second-order valence-corrected chi connectivity index (χ2v) is 7.16. The zero-order chi connectivity index (χ0) is 14.9. The van der Waals surface area contributed by atoms with Crippen molar-refractivity contribution in [3.63, 3.8) is 0 Å². The number of hydrogen-bond donors (Lipinski definition) is 1. The zero-order valence-corrected chi connectivity index (χ0v) is 12.5. The van der Waals surface area contributed by atoms with E-state index < -0.39 is 15.8 Å². The number of likely N-dealkylation sites (N-methyl/N-ethyl adjacent to an activating group) is 1. The number of nitrogens with zero attached hydrogens (tertiary/aromatic N) is 2. The summed E-state index contributed by atoms with van der Waals surface area (Å²) in [5.41, 5.74) is 5.64. The van der Waals surface area contributed by atoms with Crippen LogP contribution in [0.2, 0.25) is 0 Å². The van der Waals surface area contributed by atoms with Crippen LogP contribution in [0, 0.1) is 5.82 Å². The molecule has 0 aromatic heterocycles. The van der Waals surface area contributed by atoms with Gasteiger partial charge in [-0.25, -0.2) is 12.8 Å². The fourth-order valence-corrected chi connectivity index (χ4v) is 3.91. The molecule has 1 heterocycles. The molecular formula is C13H20FN3O2S. The summed E-state index contributed by atoms with van der Waals surface area (Å²) >= 11 is 0. The van der Waals surface area contributed by atoms with Crippen LogP contribution in [0.3, 0.4) is 0 Å². The molecule has 1 atom stereocenters. The van der Waals surface area contributed by atoms with E-state index in [-0.39, 0.29) is 23.0 Å². The van der Waals surface area contributed by atoms with Crippen LogP contribution in [-0.2, 0) is 16.6 Å². The standard InChI is InChI=1S/C13H20FN3O2S/c1-16(2)11-5-6-17(9-11)20(18,19)12-3-4-13(14)10(7-12)8-15/h3-4,7,11H,5-6,8-9,15H2,1-2H3. The van der Waals surface area contributed by atoms with Crippen LogP contribution in [-0.4, -0.2) is 50.8 Å². The Kier molecular flexibility index (Phi) is 4.43. The van der Waals surface area contributed by atoms with Crippen LogP contribution < -0.4 is 5.73 Å². The maximum atomic E-state index is 13.4. The maximum Gasteiger partial charge on any atom is 0.243 e. The first-order valence-corrected chi connectivity index (χ1v) is 7.95. The zero-order valence-electron chi connectivity index (χ0n) is 11.7. The van der Waals surface area contributed by atoms with E-state index in [1.807, 2.05) is 19.0 Å². The van der Waals surface area contributed by atoms with Gasteiger partial charge in [-0.15, -0.1) is 0 Å². The number of rotatable bonds is 4. The van der Waals surface area contributed by atoms with Crippen molar-refractivity contribution >= 4 is 10.0 Å². The van der Waals surface area contributed by atoms with E-state index in [0.717, 1.165) is 12.5 Å². The largest absolute Gasteiger partial charge is 0.326 e. The highest BCUT2D eigenvalue weighted by molar-refractivity contribution is 7.89. The molecule has 1 aliphatic heterocycles. The molecule has 5 nitrogen and oxygen atoms in total. The van der Waals surface area contributed by atoms with Gasteiger partial charge in [0.15, 0.2) is 0 Å². The van der Waals surface area contributed by atoms with E-state index >= 15 is 0 Å². The molecule has 20 heavy (non-hydrogen) atoms. The van der Waals surface area contributed by atoms with Gasteiger partial charge in [-0.05, 0) is 38.7 Å². The van der Waals surface area contributed by atoms with Gasteiger partial charge in [0, 0.05) is 31.2 Å². The molecule has 0 bridgehead atoms. The molecule has 1 aromatic rings. The number of sulfonamides is 1. The highest BCUT2D eigenvalue weighted by Crippen LogP contribution is 2.24. The van der Waals surface area contributed by atoms with E-state index in [9.17, 15) is 12.8 Å². The average molecular weight is 301 g/mol. The Hall–Kier alpha value is -1.02. The molecule has 7 heteroatoms. The van der Waals surface area contributed by atoms with Crippen molar-refractivity contribution in [2.24, 2.45) is 5.73 Å². The molecule has 0 aliphatic carbocycles. The van der Waals surface area contributed by atoms with Crippen molar-refractivity contribution in [2.45, 2.75) is 23.9 Å². The summed E-state index contributed by atoms with van der Waals surface area (Å²) in [5.74, 6) is -0.473. The van der Waals surface area contributed by atoms with Crippen LogP contribution in [0.25, 0.3) is 0 Å². The Bertz CT molecular complexity index is 589. The van der Waals surface area contributed by atoms with E-state index in [1.54, 1.807) is 0 Å². The minimum absolute atomic E-state index is 0.0183. The molecule has 0 spiro atoms. The lowest BCUT2D eigenvalue weighted by Gasteiger charge is -2.20. The Labute approximate surface area is 119 Å². The quantitative estimate of drug-likeness (QED) is 0.885. The van der Waals surface area contributed by atoms with Crippen molar-refractivity contribution in [1.82, 2.24) is 9.21 Å². The normalized spacial score (nSPS) is 20.8. The third-order valence-electron chi connectivity index (χ3n) is 3.73. The van der Waals surface area contributed by atoms with Gasteiger partial charge < -0.3 is 10.6 Å². The fourth-order valence-electron chi connectivity index (χ4n) is 2.37. The first kappa shape index (κ1) is 15.4. The van der Waals surface area contributed by atoms with Gasteiger partial charge in [-0.2, -0.15) is 4.31 Å². The fraction of sp³-hybridized carbons (Fsp3) is 0.538. The maximum absolute atomic E-state index is 13.4. The van der Waals surface area contributed by atoms with Crippen molar-refractivity contribution in [1.29, 1.82) is 0 Å². The van der Waals surface area contributed by atoms with E-state index in [4.69, 9.17) is 5.73 Å². The summed E-state index contributed by atoms with van der Waals surface area (Å²) in [7, 11) is 0.301. The third-order valence-corrected chi connectivity index (χ3v) is 5.59. The predicted octanol–water partition coefficient (Wildman–Crippen LogP) is 0.609. The van der Waals surface area contributed by atoms with Gasteiger partial charge in [0.25, 0.3) is 0 Å². The Morgan fingerprint density at radius 1 is 1.45 bits per heavy atom. The SMILES string of the molecule is CN(C)C1CCN(S(=O)(=O)c2ccc(F)c(CN)c2)C1. The molecule has 1 aliphatic rings. The van der Waals surface area contributed by atoms with Gasteiger partial charge in [0.2, 0.25) is 10.0 Å². The predicted molar refractivity (Wildman–Crippen MR) is 75.1 cm³/mol. The highest BCUT2D eigenvalue weighted by atomic mass is 32.2. The van der Waals surface area contributed by atoms with Crippen LogP contribution in [0.4, 0.5) is 4.39 Å². The Morgan fingerprint density at radius 3 is 2.70 bits per heavy atom. The highest BCUT2D eigenvalue weighted by Gasteiger charge is 2.33. The van der Waals surface area contributed by atoms with Crippen molar-refractivity contribution in [3.8, 4) is 0 Å². The second kappa shape index (κ2) is 5.77. The molecule has 2 rings (SSSR count). The average Bonchev–Trinajstić information content (AvgIpc) is 2.89. The molecule has 1 aromatic carbocycles. The Balaban J connectivity index is 2.27. The number of hydrogen-bond acceptors (Lipinski definition) is 4. The van der Waals surface area contributed by atoms with Crippen LogP contribution in [0.1, 0.15) is 12.0 Å². The summed E-state index contributed by atoms with van der Waals surface area (Å²) in [6.07, 6.45) is 0.803. The monoisotopic (exact) mass is 301 g/mol. The summed E-state index contributed by atoms with van der Waals surface area (Å²) in [6.45, 7) is 0.931. The van der Waals surface area contributed by atoms with Gasteiger partial charge in [0.1, 0.15) is 5.82 Å². The number of nitrogens with two attached hydrogens (primary N) is 1. The van der Waals surface area contributed by atoms with Gasteiger partial charge in [-0.3, -0.25) is 0 Å². The summed E-state index contributed by atoms with van der Waals surface area (Å²) in [6, 6.07) is 4.01. The van der Waals surface area contributed by atoms with Crippen molar-refractivity contribution in [3.05, 3.63) is 29.6 Å². The summed E-state index contributed by atoms with van der Waals surface area (Å²) < 4.78 is 39.9. The smallest absolute Gasteiger partial charge is 0.243 e. The molecule has 1 saturated heterocycles. The summed E-state index contributed by atoms with van der Waals surface area (Å²) in [4.78, 5) is 2.13. The van der Waals surface area contributed by atoms with Gasteiger partial charge in [-0.1, -0.05) is 0 Å². The first-order chi connectivity index (χ1) is 9.36. The lowest BCUT2D eigenvalue weighted by atomic mass is 10.2. The molecular weight excluding hydrogens is 281 g/mol. The van der Waals surface area contributed by atoms with Gasteiger partial charge >= 0.3 is 0 Å². The lowest BCUT2D eigenvalue weighted by molar-refractivity contribution is 0.302. The first-order valence-electron chi connectivity index (χ1n) is 6.51. The third kappa shape index (κ3) is 2.85. The topological polar surface area (TPSA) is 66.6 Å². The molecule has 2 N–H and O–H groups in total. The van der Waals surface area contributed by atoms with Crippen molar-refractivity contribution in [2.75, 3.05) is 27.2 Å². The molecule has 112 valence electrons. The number of halogens is 1. The Morgan fingerprint density at radius 2 is 2.15 bits per heavy atom. The van der Waals surface area contributed by atoms with E-state index in [2.05, 4.69) is 0 Å². The molecule has 1 fully saturated rings. The molecule has 1 unspecified atom stereocenters. The molecule has 0 radical (unpaired) electrons. The van der Waals surface area contributed by atoms with E-state index in [1.165, 1.54) is 16.4 Å². The second-order valence-electron chi connectivity index (χ2n) is 5.23. The van der Waals surface area contributed by atoms with Crippen LogP contribution in [0.5, 0.6) is 0 Å². The molecule has 0 amide bonds. The lowest BCUT2D eigenvalue weighted by Crippen LogP contribution is -2.34. The van der Waals surface area contributed by atoms with Crippen LogP contribution in [0.15, 0.2) is 23.1 Å². The number of benzene rings is 1. The van der Waals surface area contributed by atoms with Gasteiger partial charge in [0.05, 0.1) is 4.90 Å².